The molecule has 7 rings (SSSR count). The normalized spacial score (nSPS) is 14.9. The van der Waals surface area contributed by atoms with E-state index in [1.807, 2.05) is 35.2 Å². The van der Waals surface area contributed by atoms with Crippen molar-refractivity contribution < 1.29 is 33.8 Å². The molecule has 48 heavy (non-hydrogen) atoms. The third-order valence-electron chi connectivity index (χ3n) is 8.85. The summed E-state index contributed by atoms with van der Waals surface area (Å²) in [5.41, 5.74) is 5.51. The molecular weight excluding hydrogens is 612 g/mol. The predicted molar refractivity (Wildman–Crippen MR) is 176 cm³/mol. The highest BCUT2D eigenvalue weighted by Crippen LogP contribution is 2.33. The zero-order valence-corrected chi connectivity index (χ0v) is 25.9. The summed E-state index contributed by atoms with van der Waals surface area (Å²) in [6, 6.07) is 22.3. The minimum atomic E-state index is -0.260. The number of aromatic hydroxyl groups is 1. The van der Waals surface area contributed by atoms with Crippen molar-refractivity contribution in [2.24, 2.45) is 0 Å². The Balaban J connectivity index is 0.972. The fraction of sp³-hybridized carbons (Fsp3) is 0.216. The van der Waals surface area contributed by atoms with Crippen molar-refractivity contribution >= 4 is 41.3 Å². The maximum absolute atomic E-state index is 13.5. The summed E-state index contributed by atoms with van der Waals surface area (Å²) in [4.78, 5) is 65.8. The van der Waals surface area contributed by atoms with E-state index >= 15 is 0 Å². The summed E-state index contributed by atoms with van der Waals surface area (Å²) in [5.74, 6) is -0.590. The van der Waals surface area contributed by atoms with Gasteiger partial charge in [0, 0.05) is 48.1 Å². The second kappa shape index (κ2) is 12.7. The number of anilines is 2. The molecule has 2 heterocycles. The maximum atomic E-state index is 13.5. The number of benzene rings is 4. The number of carbonyl (C=O) groups is 5. The molecule has 0 unspecified atom stereocenters. The van der Waals surface area contributed by atoms with E-state index in [1.54, 1.807) is 35.2 Å². The standard InChI is InChI=1S/C37H32N4O7/c42-20-28-6-5-25(16-32(28)43)36(46)40-14-13-24-15-29(9-7-27(24)19-40)38-35(45)23-3-1-22(2-4-23)18-41(30-10-11-30)37(47)26-8-12-31-33(17-26)48-21-34(44)39-31/h1-9,12,15-17,20,30,43H,10-11,13-14,18-19,21H2,(H,38,45)(H,39,44). The monoisotopic (exact) mass is 644 g/mol. The van der Waals surface area contributed by atoms with E-state index in [4.69, 9.17) is 4.74 Å². The zero-order chi connectivity index (χ0) is 33.4. The van der Waals surface area contributed by atoms with Gasteiger partial charge in [0.15, 0.2) is 12.9 Å². The Kier molecular flexibility index (Phi) is 8.10. The second-order valence-corrected chi connectivity index (χ2v) is 12.2. The highest BCUT2D eigenvalue weighted by Gasteiger charge is 2.34. The Hall–Kier alpha value is -5.97. The molecule has 11 nitrogen and oxygen atoms in total. The number of carbonyl (C=O) groups excluding carboxylic acids is 5. The molecule has 4 aromatic carbocycles. The Morgan fingerprint density at radius 3 is 2.46 bits per heavy atom. The first-order valence-electron chi connectivity index (χ1n) is 15.7. The molecule has 0 atom stereocenters. The third kappa shape index (κ3) is 6.35. The average Bonchev–Trinajstić information content (AvgIpc) is 3.95. The molecule has 0 spiro atoms. The number of hydrogen-bond acceptors (Lipinski definition) is 7. The molecule has 1 fully saturated rings. The topological polar surface area (TPSA) is 145 Å². The lowest BCUT2D eigenvalue weighted by atomic mass is 9.98. The van der Waals surface area contributed by atoms with Gasteiger partial charge in [-0.3, -0.25) is 24.0 Å². The molecule has 4 amide bonds. The maximum Gasteiger partial charge on any atom is 0.262 e. The lowest BCUT2D eigenvalue weighted by molar-refractivity contribution is -0.118. The van der Waals surface area contributed by atoms with Gasteiger partial charge in [-0.25, -0.2) is 0 Å². The van der Waals surface area contributed by atoms with Crippen LogP contribution in [-0.2, 0) is 24.3 Å². The molecule has 242 valence electrons. The number of amides is 4. The number of aldehydes is 1. The fourth-order valence-electron chi connectivity index (χ4n) is 6.05. The van der Waals surface area contributed by atoms with Gasteiger partial charge in [0.2, 0.25) is 0 Å². The van der Waals surface area contributed by atoms with Crippen molar-refractivity contribution in [1.82, 2.24) is 9.80 Å². The first-order chi connectivity index (χ1) is 23.2. The van der Waals surface area contributed by atoms with E-state index in [2.05, 4.69) is 10.6 Å². The van der Waals surface area contributed by atoms with Crippen LogP contribution < -0.4 is 15.4 Å². The minimum Gasteiger partial charge on any atom is -0.507 e. The lowest BCUT2D eigenvalue weighted by Gasteiger charge is -2.29. The van der Waals surface area contributed by atoms with Crippen LogP contribution in [0, 0.1) is 0 Å². The summed E-state index contributed by atoms with van der Waals surface area (Å²) >= 11 is 0. The predicted octanol–water partition coefficient (Wildman–Crippen LogP) is 4.79. The molecule has 0 saturated heterocycles. The number of nitrogens with one attached hydrogen (secondary N) is 2. The van der Waals surface area contributed by atoms with Gasteiger partial charge in [0.05, 0.1) is 11.3 Å². The second-order valence-electron chi connectivity index (χ2n) is 12.2. The molecule has 0 bridgehead atoms. The van der Waals surface area contributed by atoms with Crippen LogP contribution in [0.5, 0.6) is 11.5 Å². The minimum absolute atomic E-state index is 0.0843. The molecule has 0 aromatic heterocycles. The summed E-state index contributed by atoms with van der Waals surface area (Å²) in [7, 11) is 0. The van der Waals surface area contributed by atoms with E-state index in [-0.39, 0.29) is 47.6 Å². The number of hydrogen-bond donors (Lipinski definition) is 3. The number of phenolic OH excluding ortho intramolecular Hbond substituents is 1. The first kappa shape index (κ1) is 30.7. The van der Waals surface area contributed by atoms with Gasteiger partial charge in [-0.05, 0) is 96.6 Å². The molecule has 11 heteroatoms. The van der Waals surface area contributed by atoms with Crippen molar-refractivity contribution in [3.05, 3.63) is 118 Å². The first-order valence-corrected chi connectivity index (χ1v) is 15.7. The fourth-order valence-corrected chi connectivity index (χ4v) is 6.05. The van der Waals surface area contributed by atoms with Crippen LogP contribution in [0.3, 0.4) is 0 Å². The van der Waals surface area contributed by atoms with Crippen LogP contribution in [0.15, 0.2) is 78.9 Å². The summed E-state index contributed by atoms with van der Waals surface area (Å²) < 4.78 is 5.49. The van der Waals surface area contributed by atoms with Crippen molar-refractivity contribution in [3.8, 4) is 11.5 Å². The van der Waals surface area contributed by atoms with Crippen molar-refractivity contribution in [3.63, 3.8) is 0 Å². The third-order valence-corrected chi connectivity index (χ3v) is 8.85. The van der Waals surface area contributed by atoms with Crippen LogP contribution in [0.4, 0.5) is 11.4 Å². The van der Waals surface area contributed by atoms with Gasteiger partial charge in [-0.2, -0.15) is 0 Å². The number of rotatable bonds is 8. The SMILES string of the molecule is O=Cc1ccc(C(=O)N2CCc3cc(NC(=O)c4ccc(CN(C(=O)c5ccc6c(c5)OCC(=O)N6)C5CC5)cc4)ccc3C2)cc1O. The van der Waals surface area contributed by atoms with Crippen molar-refractivity contribution in [1.29, 1.82) is 0 Å². The molecule has 1 saturated carbocycles. The van der Waals surface area contributed by atoms with Crippen LogP contribution in [0.25, 0.3) is 0 Å². The van der Waals surface area contributed by atoms with Gasteiger partial charge >= 0.3 is 0 Å². The van der Waals surface area contributed by atoms with Gasteiger partial charge < -0.3 is 30.3 Å². The van der Waals surface area contributed by atoms with Gasteiger partial charge in [0.1, 0.15) is 11.5 Å². The largest absolute Gasteiger partial charge is 0.507 e. The van der Waals surface area contributed by atoms with Crippen LogP contribution in [-0.4, -0.2) is 64.0 Å². The molecular formula is C37H32N4O7. The molecule has 4 aromatic rings. The van der Waals surface area contributed by atoms with Gasteiger partial charge in [-0.1, -0.05) is 18.2 Å². The molecule has 1 aliphatic carbocycles. The van der Waals surface area contributed by atoms with Crippen LogP contribution >= 0.6 is 0 Å². The van der Waals surface area contributed by atoms with E-state index in [0.29, 0.717) is 66.2 Å². The number of fused-ring (bicyclic) bond motifs is 2. The van der Waals surface area contributed by atoms with Crippen LogP contribution in [0.2, 0.25) is 0 Å². The smallest absolute Gasteiger partial charge is 0.262 e. The summed E-state index contributed by atoms with van der Waals surface area (Å²) in [6.45, 7) is 1.17. The highest BCUT2D eigenvalue weighted by molar-refractivity contribution is 6.04. The molecule has 0 radical (unpaired) electrons. The zero-order valence-electron chi connectivity index (χ0n) is 25.9. The molecule has 3 aliphatic rings. The van der Waals surface area contributed by atoms with Gasteiger partial charge in [0.25, 0.3) is 23.6 Å². The molecule has 2 aliphatic heterocycles. The lowest BCUT2D eigenvalue weighted by Crippen LogP contribution is -2.36. The van der Waals surface area contributed by atoms with E-state index in [9.17, 15) is 29.1 Å². The highest BCUT2D eigenvalue weighted by atomic mass is 16.5. The Bertz CT molecular complexity index is 1970. The van der Waals surface area contributed by atoms with E-state index in [1.165, 1.54) is 18.2 Å². The summed E-state index contributed by atoms with van der Waals surface area (Å²) in [6.07, 6.45) is 3.00. The van der Waals surface area contributed by atoms with E-state index in [0.717, 1.165) is 29.5 Å². The summed E-state index contributed by atoms with van der Waals surface area (Å²) in [5, 5.41) is 15.7. The number of nitrogens with zero attached hydrogens (tertiary/aromatic N) is 2. The Morgan fingerprint density at radius 1 is 0.938 bits per heavy atom. The van der Waals surface area contributed by atoms with Gasteiger partial charge in [-0.15, -0.1) is 0 Å². The van der Waals surface area contributed by atoms with Crippen molar-refractivity contribution in [2.75, 3.05) is 23.8 Å². The van der Waals surface area contributed by atoms with E-state index < -0.39 is 0 Å². The number of ether oxygens (including phenoxy) is 1. The Labute approximate surface area is 276 Å². The van der Waals surface area contributed by atoms with Crippen LogP contribution in [0.1, 0.15) is 71.0 Å². The Morgan fingerprint density at radius 2 is 1.71 bits per heavy atom. The number of phenols is 1. The quantitative estimate of drug-likeness (QED) is 0.234. The van der Waals surface area contributed by atoms with Crippen molar-refractivity contribution in [2.45, 2.75) is 38.4 Å². The average molecular weight is 645 g/mol. The molecule has 3 N–H and O–H groups in total.